The Bertz CT molecular complexity index is 1170. The van der Waals surface area contributed by atoms with E-state index in [9.17, 15) is 9.90 Å². The van der Waals surface area contributed by atoms with E-state index in [2.05, 4.69) is 15.4 Å². The zero-order valence-electron chi connectivity index (χ0n) is 15.2. The Morgan fingerprint density at radius 1 is 1.10 bits per heavy atom. The predicted molar refractivity (Wildman–Crippen MR) is 111 cm³/mol. The number of rotatable bonds is 2. The largest absolute Gasteiger partial charge is 0.508 e. The van der Waals surface area contributed by atoms with E-state index in [1.807, 2.05) is 0 Å². The van der Waals surface area contributed by atoms with Crippen molar-refractivity contribution in [3.05, 3.63) is 69.3 Å². The first-order chi connectivity index (χ1) is 14.0. The molecule has 1 atom stereocenters. The number of carbonyl (C=O) groups is 1. The van der Waals surface area contributed by atoms with Gasteiger partial charge in [0.15, 0.2) is 11.6 Å². The van der Waals surface area contributed by atoms with Gasteiger partial charge in [-0.3, -0.25) is 4.79 Å². The summed E-state index contributed by atoms with van der Waals surface area (Å²) in [6.45, 7) is 0. The molecule has 1 unspecified atom stereocenters. The van der Waals surface area contributed by atoms with E-state index in [4.69, 9.17) is 23.2 Å². The number of allylic oxidation sites excluding steroid dienone is 2. The standard InChI is InChI=1S/C21H16Cl2N4O2/c22-12-6-9-14(15(23)10-12)20-25-21-24-16-2-1-3-17(29)18(16)19(27(21)26-20)11-4-7-13(28)8-5-11/h4-10,19,28H,1-3H2,(H,24,25,26). The van der Waals surface area contributed by atoms with Crippen LogP contribution in [0.1, 0.15) is 30.9 Å². The molecule has 146 valence electrons. The van der Waals surface area contributed by atoms with Crippen LogP contribution in [0.25, 0.3) is 11.4 Å². The highest BCUT2D eigenvalue weighted by Gasteiger charge is 2.37. The number of Topliss-reactive ketones (excluding diaryl/α,β-unsaturated/α-hetero) is 1. The van der Waals surface area contributed by atoms with Crippen molar-refractivity contribution in [1.82, 2.24) is 14.8 Å². The summed E-state index contributed by atoms with van der Waals surface area (Å²) < 4.78 is 1.72. The lowest BCUT2D eigenvalue weighted by Crippen LogP contribution is -2.31. The third-order valence-electron chi connectivity index (χ3n) is 5.25. The number of benzene rings is 2. The van der Waals surface area contributed by atoms with Gasteiger partial charge < -0.3 is 10.4 Å². The minimum atomic E-state index is -0.415. The smallest absolute Gasteiger partial charge is 0.226 e. The van der Waals surface area contributed by atoms with E-state index in [-0.39, 0.29) is 11.5 Å². The first-order valence-corrected chi connectivity index (χ1v) is 10.0. The predicted octanol–water partition coefficient (Wildman–Crippen LogP) is 4.98. The van der Waals surface area contributed by atoms with Crippen molar-refractivity contribution < 1.29 is 9.90 Å². The van der Waals surface area contributed by atoms with Crippen LogP contribution in [0.2, 0.25) is 10.0 Å². The van der Waals surface area contributed by atoms with Crippen molar-refractivity contribution in [3.63, 3.8) is 0 Å². The fraction of sp³-hybridized carbons (Fsp3) is 0.190. The third kappa shape index (κ3) is 3.09. The number of phenols is 1. The monoisotopic (exact) mass is 426 g/mol. The minimum absolute atomic E-state index is 0.101. The second-order valence-corrected chi connectivity index (χ2v) is 7.96. The highest BCUT2D eigenvalue weighted by atomic mass is 35.5. The number of aromatic hydroxyl groups is 1. The van der Waals surface area contributed by atoms with Crippen molar-refractivity contribution in [1.29, 1.82) is 0 Å². The van der Waals surface area contributed by atoms with E-state index in [1.54, 1.807) is 47.1 Å². The number of carbonyl (C=O) groups excluding carboxylic acids is 1. The molecular formula is C21H16Cl2N4O2. The number of anilines is 1. The average molecular weight is 427 g/mol. The Balaban J connectivity index is 1.68. The summed E-state index contributed by atoms with van der Waals surface area (Å²) >= 11 is 12.4. The minimum Gasteiger partial charge on any atom is -0.508 e. The normalized spacial score (nSPS) is 18.3. The molecule has 0 saturated heterocycles. The SMILES string of the molecule is O=C1CCCC2=C1C(c1ccc(O)cc1)n1nc(-c3ccc(Cl)cc3Cl)nc1N2. The molecule has 8 heteroatoms. The molecule has 0 radical (unpaired) electrons. The van der Waals surface area contributed by atoms with Crippen molar-refractivity contribution >= 4 is 34.9 Å². The van der Waals surface area contributed by atoms with E-state index >= 15 is 0 Å². The average Bonchev–Trinajstić information content (AvgIpc) is 3.10. The number of nitrogens with one attached hydrogen (secondary N) is 1. The molecule has 0 spiro atoms. The molecule has 0 fully saturated rings. The molecule has 3 aromatic rings. The maximum absolute atomic E-state index is 12.8. The van der Waals surface area contributed by atoms with Crippen LogP contribution >= 0.6 is 23.2 Å². The fourth-order valence-electron chi connectivity index (χ4n) is 3.91. The van der Waals surface area contributed by atoms with Crippen LogP contribution in [0.15, 0.2) is 53.7 Å². The second kappa shape index (κ2) is 6.90. The Morgan fingerprint density at radius 3 is 2.66 bits per heavy atom. The summed E-state index contributed by atoms with van der Waals surface area (Å²) in [5.41, 5.74) is 3.10. The lowest BCUT2D eigenvalue weighted by molar-refractivity contribution is -0.116. The van der Waals surface area contributed by atoms with Crippen molar-refractivity contribution in [2.45, 2.75) is 25.3 Å². The molecule has 1 aliphatic carbocycles. The molecule has 0 saturated carbocycles. The Hall–Kier alpha value is -2.83. The maximum Gasteiger partial charge on any atom is 0.226 e. The summed E-state index contributed by atoms with van der Waals surface area (Å²) in [6, 6.07) is 11.6. The Labute approximate surface area is 176 Å². The van der Waals surface area contributed by atoms with Crippen molar-refractivity contribution in [3.8, 4) is 17.1 Å². The third-order valence-corrected chi connectivity index (χ3v) is 5.80. The van der Waals surface area contributed by atoms with E-state index < -0.39 is 6.04 Å². The number of ketones is 1. The molecule has 2 aromatic carbocycles. The zero-order chi connectivity index (χ0) is 20.1. The molecule has 2 heterocycles. The van der Waals surface area contributed by atoms with Gasteiger partial charge in [-0.1, -0.05) is 35.3 Å². The van der Waals surface area contributed by atoms with Crippen molar-refractivity contribution in [2.75, 3.05) is 5.32 Å². The Kier molecular flexibility index (Phi) is 4.33. The first kappa shape index (κ1) is 18.2. The van der Waals surface area contributed by atoms with Crippen LogP contribution in [-0.4, -0.2) is 25.7 Å². The highest BCUT2D eigenvalue weighted by Crippen LogP contribution is 2.41. The van der Waals surface area contributed by atoms with Crippen LogP contribution in [-0.2, 0) is 4.79 Å². The second-order valence-electron chi connectivity index (χ2n) is 7.12. The summed E-state index contributed by atoms with van der Waals surface area (Å²) in [4.78, 5) is 17.5. The van der Waals surface area contributed by atoms with Crippen LogP contribution < -0.4 is 5.32 Å². The maximum atomic E-state index is 12.8. The molecule has 2 aliphatic rings. The topological polar surface area (TPSA) is 80.0 Å². The molecule has 1 aromatic heterocycles. The van der Waals surface area contributed by atoms with E-state index in [0.717, 1.165) is 24.1 Å². The number of hydrogen-bond donors (Lipinski definition) is 2. The number of halogens is 2. The number of nitrogens with zero attached hydrogens (tertiary/aromatic N) is 3. The van der Waals surface area contributed by atoms with Crippen molar-refractivity contribution in [2.24, 2.45) is 0 Å². The van der Waals surface area contributed by atoms with Crippen LogP contribution in [0.4, 0.5) is 5.95 Å². The van der Waals surface area contributed by atoms with Crippen LogP contribution in [0.5, 0.6) is 5.75 Å². The summed E-state index contributed by atoms with van der Waals surface area (Å²) in [6.07, 6.45) is 2.09. The molecule has 0 bridgehead atoms. The van der Waals surface area contributed by atoms with Gasteiger partial charge in [0, 0.05) is 28.3 Å². The highest BCUT2D eigenvalue weighted by molar-refractivity contribution is 6.36. The molecule has 29 heavy (non-hydrogen) atoms. The molecule has 6 nitrogen and oxygen atoms in total. The Morgan fingerprint density at radius 2 is 1.90 bits per heavy atom. The lowest BCUT2D eigenvalue weighted by Gasteiger charge is -2.32. The number of hydrogen-bond acceptors (Lipinski definition) is 5. The number of aromatic nitrogens is 3. The number of fused-ring (bicyclic) bond motifs is 1. The molecule has 2 N–H and O–H groups in total. The van der Waals surface area contributed by atoms with Gasteiger partial charge in [-0.2, -0.15) is 4.98 Å². The number of phenolic OH excluding ortho intramolecular Hbond substituents is 1. The molecular weight excluding hydrogens is 411 g/mol. The van der Waals surface area contributed by atoms with Gasteiger partial charge in [0.1, 0.15) is 11.8 Å². The lowest BCUT2D eigenvalue weighted by atomic mass is 9.85. The van der Waals surface area contributed by atoms with Gasteiger partial charge in [-0.15, -0.1) is 5.10 Å². The van der Waals surface area contributed by atoms with Gasteiger partial charge >= 0.3 is 0 Å². The van der Waals surface area contributed by atoms with Gasteiger partial charge in [-0.25, -0.2) is 4.68 Å². The van der Waals surface area contributed by atoms with E-state index in [0.29, 0.717) is 39.4 Å². The summed E-state index contributed by atoms with van der Waals surface area (Å²) in [7, 11) is 0. The first-order valence-electron chi connectivity index (χ1n) is 9.25. The fourth-order valence-corrected chi connectivity index (χ4v) is 4.40. The summed E-state index contributed by atoms with van der Waals surface area (Å²) in [5, 5.41) is 18.7. The summed E-state index contributed by atoms with van der Waals surface area (Å²) in [5.74, 6) is 1.27. The van der Waals surface area contributed by atoms with Crippen LogP contribution in [0, 0.1) is 0 Å². The van der Waals surface area contributed by atoms with Gasteiger partial charge in [0.25, 0.3) is 0 Å². The van der Waals surface area contributed by atoms with E-state index in [1.165, 1.54) is 0 Å². The van der Waals surface area contributed by atoms with Crippen LogP contribution in [0.3, 0.4) is 0 Å². The zero-order valence-corrected chi connectivity index (χ0v) is 16.7. The quantitative estimate of drug-likeness (QED) is 0.603. The van der Waals surface area contributed by atoms with Gasteiger partial charge in [0.05, 0.1) is 5.02 Å². The molecule has 0 amide bonds. The van der Waals surface area contributed by atoms with Gasteiger partial charge in [-0.05, 0) is 48.7 Å². The molecule has 1 aliphatic heterocycles. The van der Waals surface area contributed by atoms with Gasteiger partial charge in [0.2, 0.25) is 5.95 Å². The molecule has 5 rings (SSSR count).